The third-order valence-electron chi connectivity index (χ3n) is 3.35. The number of aryl methyl sites for hydroxylation is 2. The molecule has 2 aromatic heterocycles. The van der Waals surface area contributed by atoms with E-state index in [9.17, 15) is 0 Å². The van der Waals surface area contributed by atoms with Crippen molar-refractivity contribution < 1.29 is 4.74 Å². The first-order chi connectivity index (χ1) is 10.6. The number of hydrogen-bond acceptors (Lipinski definition) is 5. The normalized spacial score (nSPS) is 11.0. The molecule has 6 nitrogen and oxygen atoms in total. The SMILES string of the molecule is Cn1c(Br)nc2c(N)nc(OCCCc3ccccc3)nc21. The van der Waals surface area contributed by atoms with E-state index in [4.69, 9.17) is 10.5 Å². The van der Waals surface area contributed by atoms with E-state index >= 15 is 0 Å². The highest BCUT2D eigenvalue weighted by molar-refractivity contribution is 9.10. The van der Waals surface area contributed by atoms with Crippen molar-refractivity contribution in [1.29, 1.82) is 0 Å². The summed E-state index contributed by atoms with van der Waals surface area (Å²) in [5.74, 6) is 0.323. The van der Waals surface area contributed by atoms with Gasteiger partial charge in [0.2, 0.25) is 0 Å². The number of rotatable bonds is 5. The zero-order chi connectivity index (χ0) is 15.5. The first kappa shape index (κ1) is 14.8. The summed E-state index contributed by atoms with van der Waals surface area (Å²) >= 11 is 3.34. The van der Waals surface area contributed by atoms with Crippen molar-refractivity contribution in [2.24, 2.45) is 7.05 Å². The van der Waals surface area contributed by atoms with Gasteiger partial charge in [-0.3, -0.25) is 0 Å². The Morgan fingerprint density at radius 2 is 1.95 bits per heavy atom. The Balaban J connectivity index is 1.65. The average Bonchev–Trinajstić information content (AvgIpc) is 2.81. The van der Waals surface area contributed by atoms with Crippen LogP contribution in [-0.4, -0.2) is 26.1 Å². The fourth-order valence-electron chi connectivity index (χ4n) is 2.18. The van der Waals surface area contributed by atoms with Crippen LogP contribution in [0.3, 0.4) is 0 Å². The van der Waals surface area contributed by atoms with E-state index in [1.165, 1.54) is 5.56 Å². The van der Waals surface area contributed by atoms with Gasteiger partial charge in [-0.15, -0.1) is 0 Å². The Bertz CT molecular complexity index is 787. The van der Waals surface area contributed by atoms with Crippen molar-refractivity contribution in [2.45, 2.75) is 12.8 Å². The highest BCUT2D eigenvalue weighted by atomic mass is 79.9. The predicted octanol–water partition coefficient (Wildman–Crippen LogP) is 2.72. The molecular formula is C15H16BrN5O. The van der Waals surface area contributed by atoms with Gasteiger partial charge in [-0.2, -0.15) is 9.97 Å². The smallest absolute Gasteiger partial charge is 0.320 e. The second-order valence-corrected chi connectivity index (χ2v) is 5.65. The number of imidazole rings is 1. The number of aromatic nitrogens is 4. The molecule has 3 rings (SSSR count). The number of hydrogen-bond donors (Lipinski definition) is 1. The number of fused-ring (bicyclic) bond motifs is 1. The van der Waals surface area contributed by atoms with Gasteiger partial charge in [0.25, 0.3) is 0 Å². The van der Waals surface area contributed by atoms with Gasteiger partial charge in [0.1, 0.15) is 0 Å². The number of nitrogen functional groups attached to an aromatic ring is 1. The molecule has 2 heterocycles. The molecule has 114 valence electrons. The summed E-state index contributed by atoms with van der Waals surface area (Å²) in [4.78, 5) is 12.8. The highest BCUT2D eigenvalue weighted by Crippen LogP contribution is 2.23. The molecule has 0 atom stereocenters. The summed E-state index contributed by atoms with van der Waals surface area (Å²) < 4.78 is 8.08. The predicted molar refractivity (Wildman–Crippen MR) is 88.7 cm³/mol. The summed E-state index contributed by atoms with van der Waals surface area (Å²) in [6, 6.07) is 10.6. The number of nitrogens with two attached hydrogens (primary N) is 1. The zero-order valence-electron chi connectivity index (χ0n) is 12.2. The van der Waals surface area contributed by atoms with Crippen LogP contribution in [0.15, 0.2) is 35.1 Å². The number of benzene rings is 1. The van der Waals surface area contributed by atoms with Crippen molar-refractivity contribution in [2.75, 3.05) is 12.3 Å². The van der Waals surface area contributed by atoms with Gasteiger partial charge >= 0.3 is 6.01 Å². The molecule has 2 N–H and O–H groups in total. The lowest BCUT2D eigenvalue weighted by Gasteiger charge is -2.06. The fraction of sp³-hybridized carbons (Fsp3) is 0.267. The second-order valence-electron chi connectivity index (χ2n) is 4.94. The zero-order valence-corrected chi connectivity index (χ0v) is 13.7. The number of halogens is 1. The molecule has 0 aliphatic heterocycles. The summed E-state index contributed by atoms with van der Waals surface area (Å²) in [7, 11) is 1.85. The van der Waals surface area contributed by atoms with Crippen molar-refractivity contribution in [3.63, 3.8) is 0 Å². The Labute approximate surface area is 136 Å². The highest BCUT2D eigenvalue weighted by Gasteiger charge is 2.13. The third kappa shape index (κ3) is 3.04. The molecule has 0 unspecified atom stereocenters. The topological polar surface area (TPSA) is 78.9 Å². The van der Waals surface area contributed by atoms with E-state index in [-0.39, 0.29) is 6.01 Å². The molecule has 0 amide bonds. The van der Waals surface area contributed by atoms with Crippen LogP contribution < -0.4 is 10.5 Å². The van der Waals surface area contributed by atoms with E-state index in [0.29, 0.717) is 28.3 Å². The van der Waals surface area contributed by atoms with Gasteiger partial charge in [0, 0.05) is 7.05 Å². The minimum Gasteiger partial charge on any atom is -0.463 e. The lowest BCUT2D eigenvalue weighted by molar-refractivity contribution is 0.288. The standard InChI is InChI=1S/C15H16BrN5O/c1-21-13-11(18-14(21)16)12(17)19-15(20-13)22-9-5-8-10-6-3-2-4-7-10/h2-4,6-7H,5,8-9H2,1H3,(H2,17,19,20). The molecule has 0 saturated carbocycles. The van der Waals surface area contributed by atoms with Gasteiger partial charge < -0.3 is 15.0 Å². The molecule has 0 spiro atoms. The molecule has 0 aliphatic rings. The second kappa shape index (κ2) is 6.31. The third-order valence-corrected chi connectivity index (χ3v) is 4.06. The molecule has 0 aliphatic carbocycles. The maximum absolute atomic E-state index is 5.91. The van der Waals surface area contributed by atoms with Gasteiger partial charge in [0.15, 0.2) is 21.7 Å². The van der Waals surface area contributed by atoms with Crippen molar-refractivity contribution >= 4 is 32.9 Å². The van der Waals surface area contributed by atoms with E-state index in [1.54, 1.807) is 4.57 Å². The summed E-state index contributed by atoms with van der Waals surface area (Å²) in [6.07, 6.45) is 1.84. The number of ether oxygens (including phenoxy) is 1. The molecule has 22 heavy (non-hydrogen) atoms. The molecule has 0 fully saturated rings. The van der Waals surface area contributed by atoms with Crippen molar-refractivity contribution in [3.8, 4) is 6.01 Å². The maximum atomic E-state index is 5.91. The molecule has 0 saturated heterocycles. The van der Waals surface area contributed by atoms with Gasteiger partial charge in [0.05, 0.1) is 6.61 Å². The molecular weight excluding hydrogens is 346 g/mol. The van der Waals surface area contributed by atoms with Crippen LogP contribution in [0.2, 0.25) is 0 Å². The van der Waals surface area contributed by atoms with E-state index in [2.05, 4.69) is 43.0 Å². The van der Waals surface area contributed by atoms with E-state index in [0.717, 1.165) is 12.8 Å². The monoisotopic (exact) mass is 361 g/mol. The van der Waals surface area contributed by atoms with Crippen LogP contribution >= 0.6 is 15.9 Å². The Hall–Kier alpha value is -2.15. The lowest BCUT2D eigenvalue weighted by Crippen LogP contribution is -2.05. The van der Waals surface area contributed by atoms with Gasteiger partial charge in [-0.05, 0) is 34.3 Å². The van der Waals surface area contributed by atoms with Gasteiger partial charge in [-0.25, -0.2) is 4.98 Å². The first-order valence-corrected chi connectivity index (χ1v) is 7.76. The Kier molecular flexibility index (Phi) is 4.24. The Morgan fingerprint density at radius 1 is 1.18 bits per heavy atom. The molecule has 7 heteroatoms. The first-order valence-electron chi connectivity index (χ1n) is 6.97. The van der Waals surface area contributed by atoms with Crippen LogP contribution in [0.25, 0.3) is 11.2 Å². The van der Waals surface area contributed by atoms with Crippen LogP contribution in [0.5, 0.6) is 6.01 Å². The average molecular weight is 362 g/mol. The van der Waals surface area contributed by atoms with Crippen molar-refractivity contribution in [3.05, 3.63) is 40.6 Å². The largest absolute Gasteiger partial charge is 0.463 e. The molecule has 0 radical (unpaired) electrons. The minimum absolute atomic E-state index is 0.286. The Morgan fingerprint density at radius 3 is 2.73 bits per heavy atom. The van der Waals surface area contributed by atoms with Gasteiger partial charge in [-0.1, -0.05) is 30.3 Å². The van der Waals surface area contributed by atoms with E-state index < -0.39 is 0 Å². The summed E-state index contributed by atoms with van der Waals surface area (Å²) in [5.41, 5.74) is 8.42. The van der Waals surface area contributed by atoms with Crippen molar-refractivity contribution in [1.82, 2.24) is 19.5 Å². The lowest BCUT2D eigenvalue weighted by atomic mass is 10.1. The summed E-state index contributed by atoms with van der Waals surface area (Å²) in [5, 5.41) is 0. The van der Waals surface area contributed by atoms with E-state index in [1.807, 2.05) is 25.2 Å². The van der Waals surface area contributed by atoms with Crippen LogP contribution in [0.4, 0.5) is 5.82 Å². The number of nitrogens with zero attached hydrogens (tertiary/aromatic N) is 4. The van der Waals surface area contributed by atoms with Crippen LogP contribution in [-0.2, 0) is 13.5 Å². The summed E-state index contributed by atoms with van der Waals surface area (Å²) in [6.45, 7) is 0.541. The minimum atomic E-state index is 0.286. The molecule has 0 bridgehead atoms. The molecule has 3 aromatic rings. The quantitative estimate of drug-likeness (QED) is 0.558. The maximum Gasteiger partial charge on any atom is 0.320 e. The number of anilines is 1. The van der Waals surface area contributed by atoms with Crippen LogP contribution in [0, 0.1) is 0 Å². The fourth-order valence-corrected chi connectivity index (χ4v) is 2.53. The molecule has 1 aromatic carbocycles. The van der Waals surface area contributed by atoms with Crippen LogP contribution in [0.1, 0.15) is 12.0 Å².